The van der Waals surface area contributed by atoms with Gasteiger partial charge in [-0.15, -0.1) is 0 Å². The molecular weight excluding hydrogens is 232 g/mol. The molecule has 7 heteroatoms. The zero-order chi connectivity index (χ0) is 12.0. The van der Waals surface area contributed by atoms with Crippen molar-refractivity contribution in [3.63, 3.8) is 0 Å². The van der Waals surface area contributed by atoms with Crippen LogP contribution in [0.3, 0.4) is 0 Å². The van der Waals surface area contributed by atoms with Gasteiger partial charge in [0.25, 0.3) is 0 Å². The van der Waals surface area contributed by atoms with Crippen LogP contribution < -0.4 is 10.6 Å². The summed E-state index contributed by atoms with van der Waals surface area (Å²) >= 11 is -2.65. The van der Waals surface area contributed by atoms with Crippen molar-refractivity contribution in [2.24, 2.45) is 5.73 Å². The minimum atomic E-state index is -2.65. The van der Waals surface area contributed by atoms with E-state index in [4.69, 9.17) is 5.73 Å². The van der Waals surface area contributed by atoms with E-state index in [0.717, 1.165) is 5.56 Å². The van der Waals surface area contributed by atoms with Gasteiger partial charge in [0.2, 0.25) is 0 Å². The molecule has 1 rings (SSSR count). The third-order valence-electron chi connectivity index (χ3n) is 1.81. The Hall–Kier alpha value is -1.28. The lowest BCUT2D eigenvalue weighted by Gasteiger charge is -2.12. The van der Waals surface area contributed by atoms with E-state index in [1.807, 2.05) is 30.3 Å². The molecule has 0 bridgehead atoms. The quantitative estimate of drug-likeness (QED) is 0.530. The molecule has 1 aromatic rings. The van der Waals surface area contributed by atoms with Crippen LogP contribution in [0.15, 0.2) is 30.3 Å². The summed E-state index contributed by atoms with van der Waals surface area (Å²) in [6.45, 7) is 0. The Morgan fingerprint density at radius 1 is 1.50 bits per heavy atom. The van der Waals surface area contributed by atoms with Gasteiger partial charge >= 0.3 is 5.97 Å². The van der Waals surface area contributed by atoms with Crippen molar-refractivity contribution in [3.8, 4) is 0 Å². The topological polar surface area (TPSA) is 104 Å². The fraction of sp³-hybridized carbons (Fsp3) is 0.222. The first-order valence-electron chi connectivity index (χ1n) is 4.44. The van der Waals surface area contributed by atoms with Crippen LogP contribution in [0, 0.1) is 0 Å². The van der Waals surface area contributed by atoms with Crippen LogP contribution >= 0.6 is 0 Å². The van der Waals surface area contributed by atoms with E-state index in [1.165, 1.54) is 4.89 Å². The summed E-state index contributed by atoms with van der Waals surface area (Å²) in [5, 5.41) is 0. The fourth-order valence-electron chi connectivity index (χ4n) is 1.10. The molecule has 0 aliphatic heterocycles. The second-order valence-corrected chi connectivity index (χ2v) is 3.67. The summed E-state index contributed by atoms with van der Waals surface area (Å²) < 4.78 is 20.1. The fourth-order valence-corrected chi connectivity index (χ4v) is 1.25. The zero-order valence-electron chi connectivity index (χ0n) is 8.29. The van der Waals surface area contributed by atoms with Gasteiger partial charge in [-0.1, -0.05) is 35.2 Å². The molecule has 0 spiro atoms. The largest absolute Gasteiger partial charge is 0.758 e. The van der Waals surface area contributed by atoms with E-state index < -0.39 is 23.3 Å². The molecule has 0 radical (unpaired) electrons. The molecule has 0 aliphatic carbocycles. The van der Waals surface area contributed by atoms with E-state index in [-0.39, 0.29) is 6.42 Å². The maximum absolute atomic E-state index is 11.2. The zero-order valence-corrected chi connectivity index (χ0v) is 9.11. The van der Waals surface area contributed by atoms with Gasteiger partial charge in [-0.25, -0.2) is 4.79 Å². The number of hydrogen-bond acceptors (Lipinski definition) is 5. The van der Waals surface area contributed by atoms with Crippen LogP contribution in [0.5, 0.6) is 0 Å². The first-order valence-corrected chi connectivity index (χ1v) is 5.52. The second-order valence-electron chi connectivity index (χ2n) is 3.04. The van der Waals surface area contributed by atoms with Crippen LogP contribution in [0.2, 0.25) is 0 Å². The Morgan fingerprint density at radius 2 is 2.12 bits per heavy atom. The highest BCUT2D eigenvalue weighted by Gasteiger charge is 2.15. The lowest BCUT2D eigenvalue weighted by Crippen LogP contribution is -2.37. The van der Waals surface area contributed by atoms with E-state index in [0.29, 0.717) is 0 Å². The summed E-state index contributed by atoms with van der Waals surface area (Å²) in [5.41, 5.74) is 6.39. The second kappa shape index (κ2) is 6.33. The van der Waals surface area contributed by atoms with Crippen LogP contribution in [-0.2, 0) is 27.3 Å². The molecule has 0 heterocycles. The van der Waals surface area contributed by atoms with Gasteiger partial charge in [-0.3, -0.25) is 4.21 Å². The average molecular weight is 243 g/mol. The van der Waals surface area contributed by atoms with Crippen molar-refractivity contribution in [2.75, 3.05) is 0 Å². The summed E-state index contributed by atoms with van der Waals surface area (Å²) in [5.74, 6) is -0.826. The third-order valence-corrected chi connectivity index (χ3v) is 2.03. The van der Waals surface area contributed by atoms with Gasteiger partial charge in [-0.2, -0.15) is 0 Å². The number of nitrogens with two attached hydrogens (primary N) is 1. The monoisotopic (exact) mass is 243 g/mol. The predicted molar refractivity (Wildman–Crippen MR) is 56.3 cm³/mol. The standard InChI is InChI=1S/C9H12N2O4S/c10-8(9(12)15-11-16(13)14)6-7-4-2-1-3-5-7/h1-5,8,11H,6,10H2,(H,13,14)/p-1/t8-/m0/s1. The molecule has 88 valence electrons. The summed E-state index contributed by atoms with van der Waals surface area (Å²) in [6, 6.07) is 8.20. The summed E-state index contributed by atoms with van der Waals surface area (Å²) in [7, 11) is 0. The smallest absolute Gasteiger partial charge is 0.342 e. The third kappa shape index (κ3) is 4.49. The SMILES string of the molecule is N[C@@H](Cc1ccccc1)C(=O)ONS(=O)[O-]. The van der Waals surface area contributed by atoms with Crippen molar-refractivity contribution in [1.82, 2.24) is 4.89 Å². The Morgan fingerprint density at radius 3 is 2.69 bits per heavy atom. The molecule has 1 aromatic carbocycles. The summed E-state index contributed by atoms with van der Waals surface area (Å²) in [4.78, 5) is 16.9. The molecule has 3 N–H and O–H groups in total. The van der Waals surface area contributed by atoms with E-state index in [9.17, 15) is 13.6 Å². The molecule has 0 saturated heterocycles. The number of hydrogen-bond donors (Lipinski definition) is 2. The first kappa shape index (κ1) is 12.8. The molecule has 16 heavy (non-hydrogen) atoms. The molecule has 6 nitrogen and oxygen atoms in total. The molecular formula is C9H11N2O4S-. The first-order chi connectivity index (χ1) is 7.59. The Bertz CT molecular complexity index is 371. The molecule has 2 atom stereocenters. The van der Waals surface area contributed by atoms with Crippen LogP contribution in [0.25, 0.3) is 0 Å². The Kier molecular flexibility index (Phi) is 5.06. The van der Waals surface area contributed by atoms with Crippen LogP contribution in [-0.4, -0.2) is 20.8 Å². The number of rotatable bonds is 5. The summed E-state index contributed by atoms with van der Waals surface area (Å²) in [6.07, 6.45) is 0.285. The van der Waals surface area contributed by atoms with Gasteiger partial charge in [-0.05, 0) is 12.0 Å². The Balaban J connectivity index is 2.43. The molecule has 0 fully saturated rings. The minimum Gasteiger partial charge on any atom is -0.758 e. The van der Waals surface area contributed by atoms with E-state index in [1.54, 1.807) is 0 Å². The minimum absolute atomic E-state index is 0.285. The normalized spacial score (nSPS) is 14.1. The number of benzene rings is 1. The van der Waals surface area contributed by atoms with Gasteiger partial charge in [0, 0.05) is 0 Å². The van der Waals surface area contributed by atoms with Crippen molar-refractivity contribution < 1.29 is 18.4 Å². The molecule has 0 aliphatic rings. The number of carbonyl (C=O) groups is 1. The predicted octanol–water partition coefficient (Wildman–Crippen LogP) is -0.602. The highest BCUT2D eigenvalue weighted by molar-refractivity contribution is 7.76. The van der Waals surface area contributed by atoms with Gasteiger partial charge < -0.3 is 15.1 Å². The lowest BCUT2D eigenvalue weighted by atomic mass is 10.1. The molecule has 0 aromatic heterocycles. The van der Waals surface area contributed by atoms with Gasteiger partial charge in [0.15, 0.2) is 0 Å². The average Bonchev–Trinajstić information content (AvgIpc) is 2.27. The molecule has 0 saturated carbocycles. The lowest BCUT2D eigenvalue weighted by molar-refractivity contribution is -0.148. The highest BCUT2D eigenvalue weighted by Crippen LogP contribution is 2.02. The van der Waals surface area contributed by atoms with Crippen LogP contribution in [0.1, 0.15) is 5.56 Å². The van der Waals surface area contributed by atoms with Gasteiger partial charge in [0.1, 0.15) is 6.04 Å². The van der Waals surface area contributed by atoms with E-state index >= 15 is 0 Å². The Labute approximate surface area is 95.2 Å². The maximum Gasteiger partial charge on any atom is 0.342 e. The van der Waals surface area contributed by atoms with Crippen molar-refractivity contribution in [2.45, 2.75) is 12.5 Å². The van der Waals surface area contributed by atoms with Gasteiger partial charge in [0.05, 0.1) is 11.3 Å². The molecule has 0 amide bonds. The molecule has 1 unspecified atom stereocenters. The van der Waals surface area contributed by atoms with Crippen molar-refractivity contribution >= 4 is 17.2 Å². The highest BCUT2D eigenvalue weighted by atomic mass is 32.2. The van der Waals surface area contributed by atoms with Crippen molar-refractivity contribution in [1.29, 1.82) is 0 Å². The van der Waals surface area contributed by atoms with Crippen molar-refractivity contribution in [3.05, 3.63) is 35.9 Å². The van der Waals surface area contributed by atoms with E-state index in [2.05, 4.69) is 4.84 Å². The number of nitrogens with one attached hydrogen (secondary N) is 1. The maximum atomic E-state index is 11.2. The number of carbonyl (C=O) groups excluding carboxylic acids is 1. The van der Waals surface area contributed by atoms with Crippen LogP contribution in [0.4, 0.5) is 0 Å².